The second kappa shape index (κ2) is 10.3. The Bertz CT molecular complexity index is 2060. The van der Waals surface area contributed by atoms with Gasteiger partial charge in [-0.05, 0) is 29.3 Å². The van der Waals surface area contributed by atoms with Gasteiger partial charge in [-0.25, -0.2) is 15.0 Å². The van der Waals surface area contributed by atoms with Crippen LogP contribution >= 0.6 is 0 Å². The lowest BCUT2D eigenvalue weighted by Crippen LogP contribution is -2.55. The van der Waals surface area contributed by atoms with Crippen LogP contribution in [0.1, 0.15) is 0 Å². The molecule has 4 nitrogen and oxygen atoms in total. The lowest BCUT2D eigenvalue weighted by molar-refractivity contribution is 0.669. The number of benzene rings is 5. The third-order valence-electron chi connectivity index (χ3n) is 8.73. The summed E-state index contributed by atoms with van der Waals surface area (Å²) in [6, 6.07) is 32.9. The van der Waals surface area contributed by atoms with E-state index < -0.39 is 0 Å². The molecule has 0 aliphatic carbocycles. The van der Waals surface area contributed by atoms with Gasteiger partial charge in [-0.3, -0.25) is 0 Å². The predicted octanol–water partition coefficient (Wildman–Crippen LogP) is -0.269. The van der Waals surface area contributed by atoms with Crippen molar-refractivity contribution in [2.75, 3.05) is 0 Å². The van der Waals surface area contributed by atoms with Gasteiger partial charge in [0.2, 0.25) is 0 Å². The van der Waals surface area contributed by atoms with Crippen molar-refractivity contribution in [3.05, 3.63) is 97.1 Å². The first-order valence-corrected chi connectivity index (χ1v) is 14.3. The van der Waals surface area contributed by atoms with Crippen LogP contribution in [-0.4, -0.2) is 54.2 Å². The van der Waals surface area contributed by atoms with Gasteiger partial charge in [0.1, 0.15) is 50.4 Å². The Labute approximate surface area is 249 Å². The molecule has 0 aliphatic rings. The number of rotatable bonds is 4. The van der Waals surface area contributed by atoms with Crippen LogP contribution in [0.3, 0.4) is 0 Å². The largest absolute Gasteiger partial charge is 0.455 e. The summed E-state index contributed by atoms with van der Waals surface area (Å²) in [5, 5.41) is 2.12. The zero-order valence-corrected chi connectivity index (χ0v) is 24.5. The molecule has 0 spiro atoms. The third kappa shape index (κ3) is 4.28. The van der Waals surface area contributed by atoms with Gasteiger partial charge < -0.3 is 4.42 Å². The standard InChI is InChI=1S/C33H26B5N3O/c34-25-24(26(35)28(37)29(38)27(25)36)19-14-15-20-21-12-7-13-22(30(21)42-23(20)16-19)33-40-31(17-8-3-1-4-9-17)39-32(41-33)18-10-5-2-6-11-18/h1-16H,34-38H2. The van der Waals surface area contributed by atoms with Gasteiger partial charge in [-0.2, -0.15) is 0 Å². The van der Waals surface area contributed by atoms with Crippen molar-refractivity contribution in [1.29, 1.82) is 0 Å². The molecule has 0 bridgehead atoms. The highest BCUT2D eigenvalue weighted by Gasteiger charge is 2.19. The normalized spacial score (nSPS) is 11.3. The van der Waals surface area contributed by atoms with Gasteiger partial charge in [0.05, 0.1) is 5.56 Å². The maximum Gasteiger partial charge on any atom is 0.167 e. The maximum absolute atomic E-state index is 6.65. The summed E-state index contributed by atoms with van der Waals surface area (Å²) in [6.45, 7) is 0. The predicted molar refractivity (Wildman–Crippen MR) is 190 cm³/mol. The number of hydrogen-bond donors (Lipinski definition) is 0. The minimum absolute atomic E-state index is 0.587. The molecule has 5 aromatic carbocycles. The molecule has 0 amide bonds. The first kappa shape index (κ1) is 26.2. The van der Waals surface area contributed by atoms with Gasteiger partial charge in [0.25, 0.3) is 0 Å². The molecular formula is C33H26B5N3O. The molecule has 194 valence electrons. The smallest absolute Gasteiger partial charge is 0.167 e. The number of para-hydroxylation sites is 1. The van der Waals surface area contributed by atoms with E-state index in [-0.39, 0.29) is 0 Å². The topological polar surface area (TPSA) is 51.8 Å². The number of fused-ring (bicyclic) bond motifs is 3. The minimum atomic E-state index is 0.587. The van der Waals surface area contributed by atoms with Crippen molar-refractivity contribution in [2.45, 2.75) is 0 Å². The molecule has 7 aromatic rings. The van der Waals surface area contributed by atoms with E-state index in [2.05, 4.69) is 69.6 Å². The van der Waals surface area contributed by atoms with E-state index in [0.29, 0.717) is 17.5 Å². The van der Waals surface area contributed by atoms with E-state index in [0.717, 1.165) is 38.6 Å². The molecule has 0 aliphatic heterocycles. The Morgan fingerprint density at radius 3 is 1.60 bits per heavy atom. The third-order valence-corrected chi connectivity index (χ3v) is 8.73. The molecule has 0 unspecified atom stereocenters. The van der Waals surface area contributed by atoms with Crippen LogP contribution in [0.15, 0.2) is 101 Å². The highest BCUT2D eigenvalue weighted by atomic mass is 16.3. The van der Waals surface area contributed by atoms with Crippen LogP contribution in [0.25, 0.3) is 67.2 Å². The summed E-state index contributed by atoms with van der Waals surface area (Å²) in [5.74, 6) is 1.85. The van der Waals surface area contributed by atoms with Crippen molar-refractivity contribution in [3.63, 3.8) is 0 Å². The molecule has 0 saturated heterocycles. The average molecular weight is 535 g/mol. The van der Waals surface area contributed by atoms with Crippen LogP contribution in [0.5, 0.6) is 0 Å². The summed E-state index contributed by atoms with van der Waals surface area (Å²) >= 11 is 0. The highest BCUT2D eigenvalue weighted by molar-refractivity contribution is 6.68. The van der Waals surface area contributed by atoms with Crippen LogP contribution in [-0.2, 0) is 0 Å². The van der Waals surface area contributed by atoms with Crippen molar-refractivity contribution in [1.82, 2.24) is 15.0 Å². The fourth-order valence-corrected chi connectivity index (χ4v) is 5.99. The summed E-state index contributed by atoms with van der Waals surface area (Å²) in [7, 11) is 11.1. The first-order chi connectivity index (χ1) is 20.4. The second-order valence-electron chi connectivity index (χ2n) is 11.0. The van der Waals surface area contributed by atoms with Gasteiger partial charge in [-0.15, -0.1) is 16.4 Å². The lowest BCUT2D eigenvalue weighted by atomic mass is 9.59. The van der Waals surface area contributed by atoms with E-state index >= 15 is 0 Å². The molecule has 0 N–H and O–H groups in total. The van der Waals surface area contributed by atoms with Crippen LogP contribution in [0.2, 0.25) is 0 Å². The van der Waals surface area contributed by atoms with E-state index in [4.69, 9.17) is 19.4 Å². The fourth-order valence-electron chi connectivity index (χ4n) is 5.99. The summed E-state index contributed by atoms with van der Waals surface area (Å²) in [6.07, 6.45) is 0. The van der Waals surface area contributed by atoms with E-state index in [1.165, 1.54) is 38.4 Å². The van der Waals surface area contributed by atoms with Crippen molar-refractivity contribution in [3.8, 4) is 45.3 Å². The van der Waals surface area contributed by atoms with Crippen molar-refractivity contribution >= 4 is 88.5 Å². The SMILES string of the molecule is Bc1c(B)c(B)c(-c2ccc3c(c2)oc2c(-c4nc(-c5ccccc5)nc(-c5ccccc5)n4)cccc23)c(B)c1B. The van der Waals surface area contributed by atoms with Gasteiger partial charge in [-0.1, -0.05) is 89.8 Å². The van der Waals surface area contributed by atoms with Crippen molar-refractivity contribution in [2.24, 2.45) is 0 Å². The summed E-state index contributed by atoms with van der Waals surface area (Å²) < 4.78 is 6.65. The molecule has 0 fully saturated rings. The number of nitrogens with zero attached hydrogens (tertiary/aromatic N) is 3. The molecule has 9 heteroatoms. The first-order valence-electron chi connectivity index (χ1n) is 14.3. The van der Waals surface area contributed by atoms with E-state index in [1.54, 1.807) is 0 Å². The van der Waals surface area contributed by atoms with E-state index in [9.17, 15) is 0 Å². The van der Waals surface area contributed by atoms with Crippen LogP contribution in [0.4, 0.5) is 0 Å². The Balaban J connectivity index is 1.44. The Morgan fingerprint density at radius 2 is 1.00 bits per heavy atom. The average Bonchev–Trinajstić information content (AvgIpc) is 3.42. The van der Waals surface area contributed by atoms with Crippen LogP contribution in [0, 0.1) is 0 Å². The molecule has 2 heterocycles. The van der Waals surface area contributed by atoms with Crippen molar-refractivity contribution < 1.29 is 4.42 Å². The summed E-state index contributed by atoms with van der Waals surface area (Å²) in [4.78, 5) is 14.8. The van der Waals surface area contributed by atoms with Gasteiger partial charge in [0.15, 0.2) is 17.5 Å². The molecule has 7 rings (SSSR count). The molecule has 0 radical (unpaired) electrons. The minimum Gasteiger partial charge on any atom is -0.455 e. The molecule has 2 aromatic heterocycles. The number of furan rings is 1. The van der Waals surface area contributed by atoms with E-state index in [1.807, 2.05) is 66.7 Å². The zero-order chi connectivity index (χ0) is 29.0. The van der Waals surface area contributed by atoms with Gasteiger partial charge in [0, 0.05) is 21.9 Å². The summed E-state index contributed by atoms with van der Waals surface area (Å²) in [5.41, 5.74) is 13.5. The monoisotopic (exact) mass is 535 g/mol. The molecule has 42 heavy (non-hydrogen) atoms. The Hall–Kier alpha value is -4.77. The highest BCUT2D eigenvalue weighted by Crippen LogP contribution is 2.37. The fraction of sp³-hybridized carbons (Fsp3) is 0. The number of aromatic nitrogens is 3. The maximum atomic E-state index is 6.65. The molecular weight excluding hydrogens is 508 g/mol. The molecule has 0 saturated carbocycles. The second-order valence-corrected chi connectivity index (χ2v) is 11.0. The Morgan fingerprint density at radius 1 is 0.452 bits per heavy atom. The molecule has 0 atom stereocenters. The van der Waals surface area contributed by atoms with Crippen LogP contribution < -0.4 is 27.3 Å². The Kier molecular flexibility index (Phi) is 6.39. The zero-order valence-electron chi connectivity index (χ0n) is 24.5. The quantitative estimate of drug-likeness (QED) is 0.292. The number of hydrogen-bond acceptors (Lipinski definition) is 4. The van der Waals surface area contributed by atoms with Gasteiger partial charge >= 0.3 is 0 Å². The lowest BCUT2D eigenvalue weighted by Gasteiger charge is -2.20.